The van der Waals surface area contributed by atoms with Crippen molar-refractivity contribution in [2.24, 2.45) is 0 Å². The molecule has 0 aliphatic rings. The van der Waals surface area contributed by atoms with Gasteiger partial charge in [-0.2, -0.15) is 0 Å². The molecule has 0 amide bonds. The number of aryl methyl sites for hydroxylation is 1. The lowest BCUT2D eigenvalue weighted by Gasteiger charge is -2.20. The standard InChI is InChI=1S/C17H23N3/c1-4-14-6-8-16(9-7-14)20(3)13-15-10-11-19-17(12-15)18-5-2/h6-12H,4-5,13H2,1-3H3,(H,18,19). The molecule has 20 heavy (non-hydrogen) atoms. The number of anilines is 2. The number of nitrogens with one attached hydrogen (secondary N) is 1. The lowest BCUT2D eigenvalue weighted by molar-refractivity contribution is 0.918. The Hall–Kier alpha value is -2.03. The quantitative estimate of drug-likeness (QED) is 0.866. The van der Waals surface area contributed by atoms with Crippen molar-refractivity contribution >= 4 is 11.5 Å². The Morgan fingerprint density at radius 2 is 1.80 bits per heavy atom. The number of hydrogen-bond acceptors (Lipinski definition) is 3. The van der Waals surface area contributed by atoms with Gasteiger partial charge >= 0.3 is 0 Å². The Bertz CT molecular complexity index is 534. The van der Waals surface area contributed by atoms with Crippen molar-refractivity contribution in [1.82, 2.24) is 4.98 Å². The minimum Gasteiger partial charge on any atom is -0.370 e. The Labute approximate surface area is 121 Å². The van der Waals surface area contributed by atoms with Gasteiger partial charge in [-0.3, -0.25) is 0 Å². The largest absolute Gasteiger partial charge is 0.370 e. The second kappa shape index (κ2) is 6.94. The molecule has 0 atom stereocenters. The second-order valence-corrected chi connectivity index (χ2v) is 4.96. The fourth-order valence-electron chi connectivity index (χ4n) is 2.20. The van der Waals surface area contributed by atoms with Crippen LogP contribution >= 0.6 is 0 Å². The molecule has 0 spiro atoms. The van der Waals surface area contributed by atoms with Gasteiger partial charge in [0.1, 0.15) is 5.82 Å². The number of nitrogens with zero attached hydrogens (tertiary/aromatic N) is 2. The van der Waals surface area contributed by atoms with E-state index >= 15 is 0 Å². The molecule has 1 aromatic carbocycles. The first-order valence-corrected chi connectivity index (χ1v) is 7.21. The maximum atomic E-state index is 4.30. The molecular weight excluding hydrogens is 246 g/mol. The van der Waals surface area contributed by atoms with Crippen molar-refractivity contribution in [2.45, 2.75) is 26.8 Å². The molecule has 0 saturated heterocycles. The van der Waals surface area contributed by atoms with Gasteiger partial charge in [-0.05, 0) is 48.7 Å². The average molecular weight is 269 g/mol. The highest BCUT2D eigenvalue weighted by Gasteiger charge is 2.03. The maximum Gasteiger partial charge on any atom is 0.126 e. The van der Waals surface area contributed by atoms with Crippen molar-refractivity contribution < 1.29 is 0 Å². The van der Waals surface area contributed by atoms with Crippen LogP contribution in [-0.4, -0.2) is 18.6 Å². The van der Waals surface area contributed by atoms with Gasteiger partial charge in [-0.1, -0.05) is 19.1 Å². The third kappa shape index (κ3) is 3.73. The Balaban J connectivity index is 2.06. The molecule has 1 N–H and O–H groups in total. The van der Waals surface area contributed by atoms with Crippen LogP contribution in [0.15, 0.2) is 42.6 Å². The predicted molar refractivity (Wildman–Crippen MR) is 86.3 cm³/mol. The van der Waals surface area contributed by atoms with Gasteiger partial charge in [0.15, 0.2) is 0 Å². The fourth-order valence-corrected chi connectivity index (χ4v) is 2.20. The summed E-state index contributed by atoms with van der Waals surface area (Å²) in [5, 5.41) is 3.25. The molecule has 0 unspecified atom stereocenters. The predicted octanol–water partition coefficient (Wildman–Crippen LogP) is 3.71. The summed E-state index contributed by atoms with van der Waals surface area (Å²) in [5.74, 6) is 0.944. The van der Waals surface area contributed by atoms with Crippen LogP contribution in [0.4, 0.5) is 11.5 Å². The highest BCUT2D eigenvalue weighted by Crippen LogP contribution is 2.17. The van der Waals surface area contributed by atoms with Crippen LogP contribution in [0, 0.1) is 0 Å². The van der Waals surface area contributed by atoms with Crippen LogP contribution in [0.5, 0.6) is 0 Å². The van der Waals surface area contributed by atoms with E-state index < -0.39 is 0 Å². The Morgan fingerprint density at radius 1 is 1.05 bits per heavy atom. The second-order valence-electron chi connectivity index (χ2n) is 4.96. The molecule has 0 saturated carbocycles. The van der Waals surface area contributed by atoms with E-state index in [0.717, 1.165) is 25.3 Å². The van der Waals surface area contributed by atoms with Gasteiger partial charge in [0.2, 0.25) is 0 Å². The van der Waals surface area contributed by atoms with E-state index in [0.29, 0.717) is 0 Å². The molecule has 0 bridgehead atoms. The van der Waals surface area contributed by atoms with Crippen molar-refractivity contribution in [1.29, 1.82) is 0 Å². The number of aromatic nitrogens is 1. The summed E-state index contributed by atoms with van der Waals surface area (Å²) in [6.07, 6.45) is 2.95. The summed E-state index contributed by atoms with van der Waals surface area (Å²) >= 11 is 0. The highest BCUT2D eigenvalue weighted by molar-refractivity contribution is 5.48. The number of rotatable bonds is 6. The Morgan fingerprint density at radius 3 is 2.45 bits per heavy atom. The average Bonchev–Trinajstić information content (AvgIpc) is 2.48. The zero-order valence-corrected chi connectivity index (χ0v) is 12.6. The molecule has 3 heteroatoms. The van der Waals surface area contributed by atoms with Crippen LogP contribution < -0.4 is 10.2 Å². The Kier molecular flexibility index (Phi) is 4.99. The van der Waals surface area contributed by atoms with E-state index in [9.17, 15) is 0 Å². The topological polar surface area (TPSA) is 28.2 Å². The zero-order chi connectivity index (χ0) is 14.4. The summed E-state index contributed by atoms with van der Waals surface area (Å²) in [6.45, 7) is 6.03. The van der Waals surface area contributed by atoms with E-state index in [1.165, 1.54) is 16.8 Å². The zero-order valence-electron chi connectivity index (χ0n) is 12.6. The highest BCUT2D eigenvalue weighted by atomic mass is 15.1. The van der Waals surface area contributed by atoms with Crippen molar-refractivity contribution in [3.8, 4) is 0 Å². The molecule has 1 heterocycles. The van der Waals surface area contributed by atoms with Crippen LogP contribution in [0.25, 0.3) is 0 Å². The number of benzene rings is 1. The van der Waals surface area contributed by atoms with Gasteiger partial charge < -0.3 is 10.2 Å². The van der Waals surface area contributed by atoms with Crippen LogP contribution in [0.3, 0.4) is 0 Å². The van der Waals surface area contributed by atoms with E-state index in [-0.39, 0.29) is 0 Å². The van der Waals surface area contributed by atoms with E-state index in [2.05, 4.69) is 72.5 Å². The van der Waals surface area contributed by atoms with E-state index in [1.807, 2.05) is 6.20 Å². The molecule has 2 rings (SSSR count). The summed E-state index contributed by atoms with van der Waals surface area (Å²) in [7, 11) is 2.12. The van der Waals surface area contributed by atoms with E-state index in [1.54, 1.807) is 0 Å². The fraction of sp³-hybridized carbons (Fsp3) is 0.353. The van der Waals surface area contributed by atoms with Gasteiger partial charge in [0, 0.05) is 32.0 Å². The monoisotopic (exact) mass is 269 g/mol. The minimum atomic E-state index is 0.881. The molecular formula is C17H23N3. The lowest BCUT2D eigenvalue weighted by Crippen LogP contribution is -2.16. The summed E-state index contributed by atoms with van der Waals surface area (Å²) in [6, 6.07) is 12.9. The summed E-state index contributed by atoms with van der Waals surface area (Å²) in [5.41, 5.74) is 3.88. The number of pyridine rings is 1. The number of hydrogen-bond donors (Lipinski definition) is 1. The van der Waals surface area contributed by atoms with Crippen molar-refractivity contribution in [2.75, 3.05) is 23.8 Å². The van der Waals surface area contributed by atoms with Gasteiger partial charge in [0.25, 0.3) is 0 Å². The normalized spacial score (nSPS) is 10.3. The van der Waals surface area contributed by atoms with Crippen LogP contribution in [0.2, 0.25) is 0 Å². The maximum absolute atomic E-state index is 4.30. The lowest BCUT2D eigenvalue weighted by atomic mass is 10.1. The molecule has 0 radical (unpaired) electrons. The van der Waals surface area contributed by atoms with Crippen molar-refractivity contribution in [3.05, 3.63) is 53.7 Å². The third-order valence-corrected chi connectivity index (χ3v) is 3.39. The molecule has 0 fully saturated rings. The summed E-state index contributed by atoms with van der Waals surface area (Å²) in [4.78, 5) is 6.56. The third-order valence-electron chi connectivity index (χ3n) is 3.39. The van der Waals surface area contributed by atoms with Gasteiger partial charge in [0.05, 0.1) is 0 Å². The van der Waals surface area contributed by atoms with Crippen molar-refractivity contribution in [3.63, 3.8) is 0 Å². The smallest absolute Gasteiger partial charge is 0.126 e. The van der Waals surface area contributed by atoms with Gasteiger partial charge in [-0.15, -0.1) is 0 Å². The van der Waals surface area contributed by atoms with Crippen LogP contribution in [0.1, 0.15) is 25.0 Å². The molecule has 1 aromatic heterocycles. The first kappa shape index (κ1) is 14.4. The minimum absolute atomic E-state index is 0.881. The molecule has 2 aromatic rings. The molecule has 0 aliphatic carbocycles. The molecule has 3 nitrogen and oxygen atoms in total. The van der Waals surface area contributed by atoms with Crippen LogP contribution in [-0.2, 0) is 13.0 Å². The molecule has 106 valence electrons. The first-order chi connectivity index (χ1) is 9.72. The SMILES string of the molecule is CCNc1cc(CN(C)c2ccc(CC)cc2)ccn1. The first-order valence-electron chi connectivity index (χ1n) is 7.21. The van der Waals surface area contributed by atoms with Gasteiger partial charge in [-0.25, -0.2) is 4.98 Å². The summed E-state index contributed by atoms with van der Waals surface area (Å²) < 4.78 is 0. The van der Waals surface area contributed by atoms with E-state index in [4.69, 9.17) is 0 Å². The molecule has 0 aliphatic heterocycles.